The van der Waals surface area contributed by atoms with Gasteiger partial charge in [0.05, 0.1) is 12.3 Å². The summed E-state index contributed by atoms with van der Waals surface area (Å²) in [6.45, 7) is 5.33. The number of carbonyl (C=O) groups is 1. The summed E-state index contributed by atoms with van der Waals surface area (Å²) in [5.74, 6) is 0.144. The quantitative estimate of drug-likeness (QED) is 0.560. The predicted molar refractivity (Wildman–Crippen MR) is 112 cm³/mol. The molecule has 0 saturated carbocycles. The van der Waals surface area contributed by atoms with E-state index in [9.17, 15) is 14.7 Å². The molecule has 0 spiro atoms. The number of fused-ring (bicyclic) bond motifs is 3. The maximum atomic E-state index is 12.4. The van der Waals surface area contributed by atoms with Gasteiger partial charge in [-0.25, -0.2) is 4.79 Å². The summed E-state index contributed by atoms with van der Waals surface area (Å²) in [6.07, 6.45) is 3.20. The Labute approximate surface area is 167 Å². The van der Waals surface area contributed by atoms with E-state index in [0.29, 0.717) is 19.1 Å². The zero-order valence-corrected chi connectivity index (χ0v) is 18.8. The maximum Gasteiger partial charge on any atom is 0.341 e. The van der Waals surface area contributed by atoms with Gasteiger partial charge < -0.3 is 19.1 Å². The van der Waals surface area contributed by atoms with Gasteiger partial charge in [0.1, 0.15) is 17.9 Å². The third-order valence-corrected chi connectivity index (χ3v) is 5.91. The number of nitrogens with zero attached hydrogens (tertiary/aromatic N) is 1. The summed E-state index contributed by atoms with van der Waals surface area (Å²) in [7, 11) is 2.45. The van der Waals surface area contributed by atoms with Crippen LogP contribution in [0.25, 0.3) is 11.3 Å². The summed E-state index contributed by atoms with van der Waals surface area (Å²) in [5.41, 5.74) is 2.30. The molecule has 0 amide bonds. The largest absolute Gasteiger partial charge is 0.491 e. The fourth-order valence-electron chi connectivity index (χ4n) is 3.85. The summed E-state index contributed by atoms with van der Waals surface area (Å²) >= 11 is 0. The highest BCUT2D eigenvalue weighted by Crippen LogP contribution is 2.37. The highest BCUT2D eigenvalue weighted by Gasteiger charge is 2.27. The molecule has 0 saturated heterocycles. The Morgan fingerprint density at radius 3 is 2.71 bits per heavy atom. The van der Waals surface area contributed by atoms with Gasteiger partial charge in [0.25, 0.3) is 0 Å². The standard InChI is InChI=1S/C21H27NO5Si/c1-12(2)6-14-7-13-8-19(27-5-4-26-3)20(28)9-15(13)17-10-18(23)16(21(24)25)11-22(14)17/h8-12,14H,4-7H2,1-3,28H3,(H,24,25)/t14-/m0/s1. The van der Waals surface area contributed by atoms with E-state index in [-0.39, 0.29) is 11.6 Å². The molecule has 2 aromatic rings. The molecule has 28 heavy (non-hydrogen) atoms. The molecule has 0 unspecified atom stereocenters. The number of carboxylic acids is 1. The van der Waals surface area contributed by atoms with Crippen LogP contribution in [-0.4, -0.2) is 46.2 Å². The van der Waals surface area contributed by atoms with Crippen molar-refractivity contribution in [3.8, 4) is 17.0 Å². The second-order valence-electron chi connectivity index (χ2n) is 7.75. The summed E-state index contributed by atoms with van der Waals surface area (Å²) in [5, 5.41) is 10.5. The van der Waals surface area contributed by atoms with E-state index in [2.05, 4.69) is 26.0 Å². The molecule has 3 rings (SSSR count). The summed E-state index contributed by atoms with van der Waals surface area (Å²) < 4.78 is 12.9. The summed E-state index contributed by atoms with van der Waals surface area (Å²) in [6, 6.07) is 5.75. The van der Waals surface area contributed by atoms with E-state index in [1.165, 1.54) is 12.3 Å². The Bertz CT molecular complexity index is 951. The van der Waals surface area contributed by atoms with Crippen LogP contribution in [0, 0.1) is 5.92 Å². The molecule has 7 heteroatoms. The average Bonchev–Trinajstić information content (AvgIpc) is 2.62. The normalized spacial score (nSPS) is 15.4. The number of aromatic carboxylic acids is 1. The lowest BCUT2D eigenvalue weighted by molar-refractivity contribution is 0.0694. The molecular weight excluding hydrogens is 374 g/mol. The minimum atomic E-state index is -1.18. The first kappa shape index (κ1) is 20.4. The number of carboxylic acid groups (broad SMARTS) is 1. The van der Waals surface area contributed by atoms with Crippen molar-refractivity contribution in [2.75, 3.05) is 20.3 Å². The molecule has 1 aliphatic heterocycles. The molecule has 150 valence electrons. The van der Waals surface area contributed by atoms with Gasteiger partial charge in [-0.15, -0.1) is 0 Å². The molecule has 2 heterocycles. The molecule has 0 fully saturated rings. The average molecular weight is 402 g/mol. The molecule has 0 bridgehead atoms. The van der Waals surface area contributed by atoms with Crippen molar-refractivity contribution in [3.63, 3.8) is 0 Å². The van der Waals surface area contributed by atoms with E-state index in [4.69, 9.17) is 9.47 Å². The Hall–Kier alpha value is -2.38. The van der Waals surface area contributed by atoms with E-state index < -0.39 is 11.4 Å². The SMILES string of the molecule is COCCOc1cc2c(cc1[SiH3])-c1cc(=O)c(C(=O)O)cn1[C@@H](CC(C)C)C2. The molecule has 1 aromatic heterocycles. The molecule has 1 N–H and O–H groups in total. The fraction of sp³-hybridized carbons (Fsp3) is 0.429. The highest BCUT2D eigenvalue weighted by atomic mass is 28.1. The van der Waals surface area contributed by atoms with Crippen LogP contribution in [0.3, 0.4) is 0 Å². The Balaban J connectivity index is 2.12. The van der Waals surface area contributed by atoms with Crippen LogP contribution in [-0.2, 0) is 11.2 Å². The third kappa shape index (κ3) is 4.05. The predicted octanol–water partition coefficient (Wildman–Crippen LogP) is 1.37. The number of pyridine rings is 1. The van der Waals surface area contributed by atoms with E-state index in [0.717, 1.165) is 50.8 Å². The molecule has 6 nitrogen and oxygen atoms in total. The zero-order valence-electron chi connectivity index (χ0n) is 16.8. The first-order chi connectivity index (χ1) is 13.3. The second-order valence-corrected chi connectivity index (χ2v) is 8.83. The molecule has 0 radical (unpaired) electrons. The van der Waals surface area contributed by atoms with Crippen molar-refractivity contribution in [1.82, 2.24) is 4.57 Å². The molecule has 1 atom stereocenters. The molecule has 1 aromatic carbocycles. The maximum absolute atomic E-state index is 12.4. The van der Waals surface area contributed by atoms with E-state index >= 15 is 0 Å². The van der Waals surface area contributed by atoms with Gasteiger partial charge in [-0.05, 0) is 35.6 Å². The lowest BCUT2D eigenvalue weighted by Gasteiger charge is -2.32. The van der Waals surface area contributed by atoms with Crippen LogP contribution in [0.15, 0.2) is 29.2 Å². The second kappa shape index (κ2) is 8.32. The number of methoxy groups -OCH3 is 1. The van der Waals surface area contributed by atoms with Gasteiger partial charge in [-0.3, -0.25) is 4.79 Å². The Morgan fingerprint density at radius 2 is 2.07 bits per heavy atom. The number of benzene rings is 1. The lowest BCUT2D eigenvalue weighted by Crippen LogP contribution is -2.27. The fourth-order valence-corrected chi connectivity index (χ4v) is 4.43. The first-order valence-electron chi connectivity index (χ1n) is 9.57. The van der Waals surface area contributed by atoms with E-state index in [1.54, 1.807) is 7.11 Å². The number of rotatable bonds is 7. The Morgan fingerprint density at radius 1 is 1.32 bits per heavy atom. The lowest BCUT2D eigenvalue weighted by atomic mass is 9.88. The van der Waals surface area contributed by atoms with Gasteiger partial charge in [0.15, 0.2) is 5.43 Å². The van der Waals surface area contributed by atoms with E-state index in [1.807, 2.05) is 4.57 Å². The zero-order chi connectivity index (χ0) is 20.4. The molecular formula is C21H27NO5Si. The number of aromatic nitrogens is 1. The van der Waals surface area contributed by atoms with Crippen molar-refractivity contribution in [1.29, 1.82) is 0 Å². The molecule has 1 aliphatic rings. The van der Waals surface area contributed by atoms with Gasteiger partial charge >= 0.3 is 5.97 Å². The van der Waals surface area contributed by atoms with Gasteiger partial charge in [-0.1, -0.05) is 19.9 Å². The van der Waals surface area contributed by atoms with Crippen LogP contribution >= 0.6 is 0 Å². The topological polar surface area (TPSA) is 77.8 Å². The van der Waals surface area contributed by atoms with Crippen molar-refractivity contribution in [3.05, 3.63) is 45.7 Å². The van der Waals surface area contributed by atoms with Crippen LogP contribution in [0.1, 0.15) is 42.2 Å². The molecule has 0 aliphatic carbocycles. The minimum Gasteiger partial charge on any atom is -0.491 e. The van der Waals surface area contributed by atoms with Crippen molar-refractivity contribution in [2.45, 2.75) is 32.7 Å². The minimum absolute atomic E-state index is 0.105. The van der Waals surface area contributed by atoms with Crippen LogP contribution in [0.2, 0.25) is 0 Å². The number of ether oxygens (including phenoxy) is 2. The van der Waals surface area contributed by atoms with Crippen LogP contribution in [0.4, 0.5) is 0 Å². The van der Waals surface area contributed by atoms with Crippen LogP contribution < -0.4 is 15.4 Å². The smallest absolute Gasteiger partial charge is 0.341 e. The Kier molecular flexibility index (Phi) is 6.05. The number of hydrogen-bond acceptors (Lipinski definition) is 4. The summed E-state index contributed by atoms with van der Waals surface area (Å²) in [4.78, 5) is 23.8. The van der Waals surface area contributed by atoms with Crippen molar-refractivity contribution >= 4 is 21.4 Å². The monoisotopic (exact) mass is 401 g/mol. The van der Waals surface area contributed by atoms with Gasteiger partial charge in [-0.2, -0.15) is 0 Å². The highest BCUT2D eigenvalue weighted by molar-refractivity contribution is 6.34. The first-order valence-corrected chi connectivity index (χ1v) is 10.6. The van der Waals surface area contributed by atoms with Crippen molar-refractivity contribution in [2.24, 2.45) is 5.92 Å². The van der Waals surface area contributed by atoms with Crippen molar-refractivity contribution < 1.29 is 19.4 Å². The van der Waals surface area contributed by atoms with Gasteiger partial charge in [0.2, 0.25) is 0 Å². The number of hydrogen-bond donors (Lipinski definition) is 1. The van der Waals surface area contributed by atoms with Crippen LogP contribution in [0.5, 0.6) is 5.75 Å². The van der Waals surface area contributed by atoms with Gasteiger partial charge in [0, 0.05) is 41.2 Å². The third-order valence-electron chi connectivity index (χ3n) is 5.12.